The largest absolute Gasteiger partial charge is 0.481 e. The maximum Gasteiger partial charge on any atom is 0.303 e. The summed E-state index contributed by atoms with van der Waals surface area (Å²) < 4.78 is 17.3. The van der Waals surface area contributed by atoms with E-state index in [-0.39, 0.29) is 24.5 Å². The molecule has 0 aliphatic carbocycles. The highest BCUT2D eigenvalue weighted by atomic mass is 35.5. The smallest absolute Gasteiger partial charge is 0.303 e. The van der Waals surface area contributed by atoms with Gasteiger partial charge in [-0.25, -0.2) is 4.39 Å². The number of aromatic nitrogens is 1. The van der Waals surface area contributed by atoms with Crippen molar-refractivity contribution >= 4 is 45.9 Å². The molecule has 182 valence electrons. The van der Waals surface area contributed by atoms with E-state index in [4.69, 9.17) is 28.3 Å². The summed E-state index contributed by atoms with van der Waals surface area (Å²) in [5.74, 6) is -1.56. The Kier molecular flexibility index (Phi) is 9.15. The molecular formula is C27H30Cl2FNO3. The average molecular weight is 506 g/mol. The summed E-state index contributed by atoms with van der Waals surface area (Å²) in [6.07, 6.45) is 2.28. The quantitative estimate of drug-likeness (QED) is 0.200. The summed E-state index contributed by atoms with van der Waals surface area (Å²) in [4.78, 5) is 24.3. The SMILES string of the molecule is C[C@H](CC(=O)O)CC(=O)c1c(C(F)CCCCCc2cccc(Cl)c2)n(C)c2ccc(Cl)cc12. The number of benzene rings is 2. The van der Waals surface area contributed by atoms with Crippen molar-refractivity contribution in [1.29, 1.82) is 0 Å². The lowest BCUT2D eigenvalue weighted by Crippen LogP contribution is -2.13. The molecular weight excluding hydrogens is 476 g/mol. The number of carboxylic acids is 1. The van der Waals surface area contributed by atoms with Crippen LogP contribution in [-0.4, -0.2) is 21.4 Å². The predicted molar refractivity (Wildman–Crippen MR) is 136 cm³/mol. The first-order chi connectivity index (χ1) is 16.2. The molecule has 0 saturated carbocycles. The van der Waals surface area contributed by atoms with Crippen LogP contribution in [-0.2, 0) is 18.3 Å². The number of halogens is 3. The fourth-order valence-electron chi connectivity index (χ4n) is 4.54. The van der Waals surface area contributed by atoms with Gasteiger partial charge in [-0.05, 0) is 61.1 Å². The molecule has 7 heteroatoms. The molecule has 4 nitrogen and oxygen atoms in total. The number of aliphatic carboxylic acids is 1. The first-order valence-corrected chi connectivity index (χ1v) is 12.3. The molecule has 0 bridgehead atoms. The number of hydrogen-bond acceptors (Lipinski definition) is 2. The molecule has 34 heavy (non-hydrogen) atoms. The second kappa shape index (κ2) is 11.9. The fourth-order valence-corrected chi connectivity index (χ4v) is 4.93. The number of carboxylic acid groups (broad SMARTS) is 1. The molecule has 3 rings (SSSR count). The van der Waals surface area contributed by atoms with Crippen molar-refractivity contribution < 1.29 is 19.1 Å². The summed E-state index contributed by atoms with van der Waals surface area (Å²) in [5, 5.41) is 10.8. The van der Waals surface area contributed by atoms with Gasteiger partial charge in [0.25, 0.3) is 0 Å². The second-order valence-corrected chi connectivity index (χ2v) is 9.88. The number of unbranched alkanes of at least 4 members (excludes halogenated alkanes) is 2. The summed E-state index contributed by atoms with van der Waals surface area (Å²) in [5.41, 5.74) is 2.57. The van der Waals surface area contributed by atoms with E-state index in [1.165, 1.54) is 5.56 Å². The molecule has 1 heterocycles. The first-order valence-electron chi connectivity index (χ1n) is 11.6. The molecule has 0 aliphatic rings. The maximum absolute atomic E-state index is 15.6. The van der Waals surface area contributed by atoms with Gasteiger partial charge in [-0.15, -0.1) is 0 Å². The maximum atomic E-state index is 15.6. The third-order valence-electron chi connectivity index (χ3n) is 6.15. The van der Waals surface area contributed by atoms with Crippen LogP contribution in [0.3, 0.4) is 0 Å². The van der Waals surface area contributed by atoms with E-state index in [2.05, 4.69) is 0 Å². The molecule has 3 aromatic rings. The van der Waals surface area contributed by atoms with Crippen molar-refractivity contribution in [2.24, 2.45) is 13.0 Å². The average Bonchev–Trinajstić information content (AvgIpc) is 3.04. The van der Waals surface area contributed by atoms with Gasteiger partial charge in [0.2, 0.25) is 0 Å². The number of ketones is 1. The molecule has 1 N–H and O–H groups in total. The number of carbonyl (C=O) groups excluding carboxylic acids is 1. The number of aryl methyl sites for hydroxylation is 2. The zero-order chi connectivity index (χ0) is 24.8. The minimum atomic E-state index is -1.31. The monoisotopic (exact) mass is 505 g/mol. The topological polar surface area (TPSA) is 59.3 Å². The van der Waals surface area contributed by atoms with Crippen LogP contribution in [0, 0.1) is 5.92 Å². The van der Waals surface area contributed by atoms with E-state index in [0.717, 1.165) is 24.8 Å². The number of alkyl halides is 1. The van der Waals surface area contributed by atoms with Crippen molar-refractivity contribution in [2.75, 3.05) is 0 Å². The van der Waals surface area contributed by atoms with Gasteiger partial charge in [0.15, 0.2) is 5.78 Å². The summed E-state index contributed by atoms with van der Waals surface area (Å²) in [7, 11) is 1.76. The molecule has 0 amide bonds. The molecule has 1 aromatic heterocycles. The third kappa shape index (κ3) is 6.61. The lowest BCUT2D eigenvalue weighted by molar-refractivity contribution is -0.137. The lowest BCUT2D eigenvalue weighted by atomic mass is 9.93. The standard InChI is InChI=1S/C27H30Cl2FNO3/c1-17(14-25(33)34)13-24(32)26-21-16-20(29)11-12-23(21)31(2)27(26)22(30)10-5-3-4-7-18-8-6-9-19(28)15-18/h6,8-9,11-12,15-17,22H,3-5,7,10,13-14H2,1-2H3,(H,33,34)/t17-,22?/m0/s1. The van der Waals surface area contributed by atoms with Crippen LogP contribution in [0.15, 0.2) is 42.5 Å². The van der Waals surface area contributed by atoms with Crippen molar-refractivity contribution in [3.63, 3.8) is 0 Å². The molecule has 0 radical (unpaired) electrons. The Morgan fingerprint density at radius 1 is 1.03 bits per heavy atom. The van der Waals surface area contributed by atoms with Crippen LogP contribution >= 0.6 is 23.2 Å². The summed E-state index contributed by atoms with van der Waals surface area (Å²) in [6, 6.07) is 13.0. The van der Waals surface area contributed by atoms with Gasteiger partial charge in [-0.1, -0.05) is 55.1 Å². The Hall–Kier alpha value is -2.37. The highest BCUT2D eigenvalue weighted by molar-refractivity contribution is 6.31. The van der Waals surface area contributed by atoms with E-state index < -0.39 is 12.1 Å². The zero-order valence-corrected chi connectivity index (χ0v) is 21.0. The number of nitrogens with zero attached hydrogens (tertiary/aromatic N) is 1. The minimum absolute atomic E-state index is 0.0390. The zero-order valence-electron chi connectivity index (χ0n) is 19.5. The Balaban J connectivity index is 1.74. The molecule has 2 atom stereocenters. The number of Topliss-reactive ketones (excluding diaryl/α,β-unsaturated/α-hetero) is 1. The number of carbonyl (C=O) groups is 2. The number of hydrogen-bond donors (Lipinski definition) is 1. The summed E-state index contributed by atoms with van der Waals surface area (Å²) >= 11 is 12.2. The van der Waals surface area contributed by atoms with Crippen molar-refractivity contribution in [1.82, 2.24) is 4.57 Å². The predicted octanol–water partition coefficient (Wildman–Crippen LogP) is 7.98. The Morgan fingerprint density at radius 2 is 1.76 bits per heavy atom. The molecule has 1 unspecified atom stereocenters. The molecule has 0 aliphatic heterocycles. The van der Waals surface area contributed by atoms with Crippen LogP contribution in [0.25, 0.3) is 10.9 Å². The Bertz CT molecular complexity index is 1170. The Morgan fingerprint density at radius 3 is 2.47 bits per heavy atom. The first kappa shape index (κ1) is 26.2. The van der Waals surface area contributed by atoms with E-state index in [1.807, 2.05) is 24.3 Å². The van der Waals surface area contributed by atoms with Crippen LogP contribution in [0.5, 0.6) is 0 Å². The number of fused-ring (bicyclic) bond motifs is 1. The van der Waals surface area contributed by atoms with Crippen LogP contribution in [0.1, 0.15) is 73.2 Å². The van der Waals surface area contributed by atoms with Gasteiger partial charge in [-0.3, -0.25) is 9.59 Å². The van der Waals surface area contributed by atoms with E-state index in [1.54, 1.807) is 36.7 Å². The van der Waals surface area contributed by atoms with Crippen molar-refractivity contribution in [2.45, 2.75) is 58.0 Å². The van der Waals surface area contributed by atoms with Gasteiger partial charge in [0.1, 0.15) is 6.17 Å². The highest BCUT2D eigenvalue weighted by Crippen LogP contribution is 2.36. The van der Waals surface area contributed by atoms with E-state index in [9.17, 15) is 9.59 Å². The Labute approximate surface area is 209 Å². The van der Waals surface area contributed by atoms with E-state index in [0.29, 0.717) is 39.5 Å². The molecule has 0 spiro atoms. The van der Waals surface area contributed by atoms with Crippen LogP contribution < -0.4 is 0 Å². The molecule has 0 fully saturated rings. The van der Waals surface area contributed by atoms with Gasteiger partial charge >= 0.3 is 5.97 Å². The van der Waals surface area contributed by atoms with Crippen LogP contribution in [0.2, 0.25) is 10.0 Å². The number of rotatable bonds is 12. The molecule has 2 aromatic carbocycles. The molecule has 0 saturated heterocycles. The third-order valence-corrected chi connectivity index (χ3v) is 6.62. The van der Waals surface area contributed by atoms with Gasteiger partial charge in [0.05, 0.1) is 5.69 Å². The highest BCUT2D eigenvalue weighted by Gasteiger charge is 2.28. The van der Waals surface area contributed by atoms with E-state index >= 15 is 4.39 Å². The van der Waals surface area contributed by atoms with Gasteiger partial charge in [-0.2, -0.15) is 0 Å². The summed E-state index contributed by atoms with van der Waals surface area (Å²) in [6.45, 7) is 1.72. The normalized spacial score (nSPS) is 13.2. The van der Waals surface area contributed by atoms with Crippen molar-refractivity contribution in [3.05, 3.63) is 69.3 Å². The van der Waals surface area contributed by atoms with Gasteiger partial charge < -0.3 is 9.67 Å². The minimum Gasteiger partial charge on any atom is -0.481 e. The van der Waals surface area contributed by atoms with Gasteiger partial charge in [0, 0.05) is 46.4 Å². The van der Waals surface area contributed by atoms with Crippen LogP contribution in [0.4, 0.5) is 4.39 Å². The lowest BCUT2D eigenvalue weighted by Gasteiger charge is -2.14. The van der Waals surface area contributed by atoms with Crippen molar-refractivity contribution in [3.8, 4) is 0 Å². The fraction of sp³-hybridized carbons (Fsp3) is 0.407. The second-order valence-electron chi connectivity index (χ2n) is 9.01.